The predicted molar refractivity (Wildman–Crippen MR) is 81.5 cm³/mol. The highest BCUT2D eigenvalue weighted by atomic mass is 35.5. The number of aryl methyl sites for hydroxylation is 1. The van der Waals surface area contributed by atoms with E-state index in [-0.39, 0.29) is 0 Å². The van der Waals surface area contributed by atoms with Crippen molar-refractivity contribution < 1.29 is 4.74 Å². The molecule has 0 bridgehead atoms. The van der Waals surface area contributed by atoms with E-state index in [0.717, 1.165) is 16.6 Å². The highest BCUT2D eigenvalue weighted by Crippen LogP contribution is 2.30. The van der Waals surface area contributed by atoms with Crippen LogP contribution in [0.2, 0.25) is 5.02 Å². The van der Waals surface area contributed by atoms with Crippen LogP contribution in [0.5, 0.6) is 5.75 Å². The second kappa shape index (κ2) is 5.35. The Bertz CT molecular complexity index is 754. The van der Waals surface area contributed by atoms with Crippen molar-refractivity contribution in [3.05, 3.63) is 58.9 Å². The Hall–Kier alpha value is -1.71. The first-order valence-corrected chi connectivity index (χ1v) is 6.97. The molecule has 0 fully saturated rings. The lowest BCUT2D eigenvalue weighted by molar-refractivity contribution is 0.279. The summed E-state index contributed by atoms with van der Waals surface area (Å²) in [5.41, 5.74) is 2.21. The SMILES string of the molecule is Cc1cccc2[nH]c(C(Cl)Oc3ccccc3Cl)nc12. The number of ether oxygens (including phenoxy) is 1. The molecule has 0 saturated heterocycles. The molecule has 1 heterocycles. The first-order chi connectivity index (χ1) is 9.65. The smallest absolute Gasteiger partial charge is 0.229 e. The van der Waals surface area contributed by atoms with Gasteiger partial charge in [0.05, 0.1) is 16.1 Å². The van der Waals surface area contributed by atoms with Gasteiger partial charge in [0.25, 0.3) is 0 Å². The molecular weight excluding hydrogens is 295 g/mol. The first kappa shape index (κ1) is 13.3. The zero-order valence-corrected chi connectivity index (χ0v) is 12.2. The molecule has 1 unspecified atom stereocenters. The molecule has 0 saturated carbocycles. The van der Waals surface area contributed by atoms with Crippen molar-refractivity contribution in [2.45, 2.75) is 12.5 Å². The largest absolute Gasteiger partial charge is 0.465 e. The monoisotopic (exact) mass is 306 g/mol. The van der Waals surface area contributed by atoms with Crippen LogP contribution in [0, 0.1) is 6.92 Å². The van der Waals surface area contributed by atoms with E-state index in [0.29, 0.717) is 16.6 Å². The van der Waals surface area contributed by atoms with Gasteiger partial charge in [-0.1, -0.05) is 47.5 Å². The van der Waals surface area contributed by atoms with Gasteiger partial charge in [-0.15, -0.1) is 0 Å². The molecular formula is C15H12Cl2N2O. The average molecular weight is 307 g/mol. The van der Waals surface area contributed by atoms with E-state index in [1.165, 1.54) is 0 Å². The number of imidazole rings is 1. The molecule has 2 aromatic carbocycles. The Kier molecular flexibility index (Phi) is 3.55. The fourth-order valence-electron chi connectivity index (χ4n) is 2.01. The third-order valence-electron chi connectivity index (χ3n) is 3.01. The van der Waals surface area contributed by atoms with Crippen molar-refractivity contribution in [3.8, 4) is 5.75 Å². The van der Waals surface area contributed by atoms with Gasteiger partial charge in [-0.05, 0) is 30.7 Å². The average Bonchev–Trinajstić information content (AvgIpc) is 2.87. The van der Waals surface area contributed by atoms with Gasteiger partial charge < -0.3 is 9.72 Å². The number of para-hydroxylation sites is 2. The van der Waals surface area contributed by atoms with Gasteiger partial charge in [0.2, 0.25) is 5.56 Å². The topological polar surface area (TPSA) is 37.9 Å². The number of benzene rings is 2. The van der Waals surface area contributed by atoms with Crippen LogP contribution < -0.4 is 4.74 Å². The number of aromatic amines is 1. The predicted octanol–water partition coefficient (Wildman–Crippen LogP) is 4.84. The maximum Gasteiger partial charge on any atom is 0.229 e. The first-order valence-electron chi connectivity index (χ1n) is 6.15. The van der Waals surface area contributed by atoms with Crippen molar-refractivity contribution in [2.24, 2.45) is 0 Å². The number of rotatable bonds is 3. The van der Waals surface area contributed by atoms with Gasteiger partial charge in [-0.2, -0.15) is 0 Å². The molecule has 1 atom stereocenters. The minimum atomic E-state index is -0.721. The summed E-state index contributed by atoms with van der Waals surface area (Å²) in [6.45, 7) is 2.01. The number of hydrogen-bond donors (Lipinski definition) is 1. The summed E-state index contributed by atoms with van der Waals surface area (Å²) in [6.07, 6.45) is 0. The van der Waals surface area contributed by atoms with Crippen LogP contribution in [0.15, 0.2) is 42.5 Å². The summed E-state index contributed by atoms with van der Waals surface area (Å²) in [6, 6.07) is 13.1. The minimum absolute atomic E-state index is 0.519. The second-order valence-corrected chi connectivity index (χ2v) is 5.26. The lowest BCUT2D eigenvalue weighted by atomic mass is 10.2. The van der Waals surface area contributed by atoms with E-state index in [4.69, 9.17) is 27.9 Å². The van der Waals surface area contributed by atoms with Crippen molar-refractivity contribution in [1.82, 2.24) is 9.97 Å². The van der Waals surface area contributed by atoms with Crippen LogP contribution in [-0.2, 0) is 0 Å². The van der Waals surface area contributed by atoms with Crippen molar-refractivity contribution >= 4 is 34.2 Å². The third kappa shape index (κ3) is 2.47. The summed E-state index contributed by atoms with van der Waals surface area (Å²) in [4.78, 5) is 7.65. The lowest BCUT2D eigenvalue weighted by Crippen LogP contribution is -2.02. The number of alkyl halides is 1. The molecule has 3 aromatic rings. The molecule has 0 spiro atoms. The Labute approximate surface area is 126 Å². The number of hydrogen-bond acceptors (Lipinski definition) is 2. The third-order valence-corrected chi connectivity index (χ3v) is 3.62. The molecule has 0 aliphatic carbocycles. The zero-order chi connectivity index (χ0) is 14.1. The molecule has 0 amide bonds. The van der Waals surface area contributed by atoms with E-state index in [2.05, 4.69) is 9.97 Å². The quantitative estimate of drug-likeness (QED) is 0.703. The van der Waals surface area contributed by atoms with Crippen LogP contribution in [0.25, 0.3) is 11.0 Å². The summed E-state index contributed by atoms with van der Waals surface area (Å²) >= 11 is 12.3. The summed E-state index contributed by atoms with van der Waals surface area (Å²) in [5, 5.41) is 0.519. The number of fused-ring (bicyclic) bond motifs is 1. The van der Waals surface area contributed by atoms with Crippen LogP contribution in [0.3, 0.4) is 0 Å². The van der Waals surface area contributed by atoms with Gasteiger partial charge in [0.1, 0.15) is 5.75 Å². The highest BCUT2D eigenvalue weighted by Gasteiger charge is 2.16. The van der Waals surface area contributed by atoms with Crippen LogP contribution in [-0.4, -0.2) is 9.97 Å². The van der Waals surface area contributed by atoms with Gasteiger partial charge in [0.15, 0.2) is 5.82 Å². The summed E-state index contributed by atoms with van der Waals surface area (Å²) in [5.74, 6) is 1.10. The van der Waals surface area contributed by atoms with Crippen molar-refractivity contribution in [1.29, 1.82) is 0 Å². The molecule has 5 heteroatoms. The van der Waals surface area contributed by atoms with Gasteiger partial charge >= 0.3 is 0 Å². The van der Waals surface area contributed by atoms with E-state index < -0.39 is 5.56 Å². The number of aromatic nitrogens is 2. The lowest BCUT2D eigenvalue weighted by Gasteiger charge is -2.11. The van der Waals surface area contributed by atoms with E-state index >= 15 is 0 Å². The minimum Gasteiger partial charge on any atom is -0.465 e. The maximum absolute atomic E-state index is 6.26. The van der Waals surface area contributed by atoms with E-state index in [1.54, 1.807) is 12.1 Å². The maximum atomic E-state index is 6.26. The molecule has 102 valence electrons. The zero-order valence-electron chi connectivity index (χ0n) is 10.7. The number of nitrogens with one attached hydrogen (secondary N) is 1. The molecule has 20 heavy (non-hydrogen) atoms. The van der Waals surface area contributed by atoms with Gasteiger partial charge in [-0.3, -0.25) is 0 Å². The molecule has 0 radical (unpaired) electrons. The fourth-order valence-corrected chi connectivity index (χ4v) is 2.39. The fraction of sp³-hybridized carbons (Fsp3) is 0.133. The Morgan fingerprint density at radius 3 is 2.70 bits per heavy atom. The number of halogens is 2. The molecule has 0 aliphatic heterocycles. The number of H-pyrrole nitrogens is 1. The molecule has 1 aromatic heterocycles. The highest BCUT2D eigenvalue weighted by molar-refractivity contribution is 6.32. The summed E-state index contributed by atoms with van der Waals surface area (Å²) in [7, 11) is 0. The van der Waals surface area contributed by atoms with Crippen LogP contribution in [0.4, 0.5) is 0 Å². The van der Waals surface area contributed by atoms with Gasteiger partial charge in [0, 0.05) is 0 Å². The van der Waals surface area contributed by atoms with Crippen LogP contribution in [0.1, 0.15) is 17.0 Å². The molecule has 0 aliphatic rings. The molecule has 1 N–H and O–H groups in total. The normalized spacial score (nSPS) is 12.6. The Balaban J connectivity index is 1.91. The number of nitrogens with zero attached hydrogens (tertiary/aromatic N) is 1. The molecule has 3 rings (SSSR count). The van der Waals surface area contributed by atoms with Gasteiger partial charge in [-0.25, -0.2) is 4.98 Å². The van der Waals surface area contributed by atoms with Crippen molar-refractivity contribution in [2.75, 3.05) is 0 Å². The van der Waals surface area contributed by atoms with Crippen LogP contribution >= 0.6 is 23.2 Å². The molecule has 3 nitrogen and oxygen atoms in total. The standard InChI is InChI=1S/C15H12Cl2N2O/c1-9-5-4-7-11-13(9)19-15(18-11)14(17)20-12-8-3-2-6-10(12)16/h2-8,14H,1H3,(H,18,19). The van der Waals surface area contributed by atoms with E-state index in [9.17, 15) is 0 Å². The van der Waals surface area contributed by atoms with E-state index in [1.807, 2.05) is 37.3 Å². The Morgan fingerprint density at radius 1 is 1.15 bits per heavy atom. The van der Waals surface area contributed by atoms with Crippen molar-refractivity contribution in [3.63, 3.8) is 0 Å². The second-order valence-electron chi connectivity index (χ2n) is 4.46. The summed E-state index contributed by atoms with van der Waals surface area (Å²) < 4.78 is 5.64. The Morgan fingerprint density at radius 2 is 1.95 bits per heavy atom.